The third-order valence-corrected chi connectivity index (χ3v) is 4.39. The van der Waals surface area contributed by atoms with Crippen molar-refractivity contribution in [3.05, 3.63) is 77.0 Å². The van der Waals surface area contributed by atoms with E-state index in [2.05, 4.69) is 21.5 Å². The first kappa shape index (κ1) is 15.9. The Hall–Kier alpha value is -2.63. The molecule has 6 heteroatoms. The molecule has 0 atom stereocenters. The SMILES string of the molecule is Cc1nn(-c2ccccc2)c2nc(Cl)c(CNCc3ccco3)cc12. The minimum absolute atomic E-state index is 0.483. The lowest BCUT2D eigenvalue weighted by atomic mass is 10.2. The molecule has 1 N–H and O–H groups in total. The highest BCUT2D eigenvalue weighted by molar-refractivity contribution is 6.30. The standard InChI is InChI=1S/C19H17ClN4O/c1-13-17-10-14(11-21-12-16-8-5-9-25-16)18(20)22-19(17)24(23-13)15-6-3-2-4-7-15/h2-10,21H,11-12H2,1H3. The Kier molecular flexibility index (Phi) is 4.26. The molecule has 4 rings (SSSR count). The highest BCUT2D eigenvalue weighted by atomic mass is 35.5. The predicted molar refractivity (Wildman–Crippen MR) is 97.9 cm³/mol. The number of hydrogen-bond acceptors (Lipinski definition) is 4. The van der Waals surface area contributed by atoms with Gasteiger partial charge in [0.25, 0.3) is 0 Å². The van der Waals surface area contributed by atoms with Crippen LogP contribution in [0.25, 0.3) is 16.7 Å². The van der Waals surface area contributed by atoms with Crippen LogP contribution in [0.5, 0.6) is 0 Å². The fraction of sp³-hybridized carbons (Fsp3) is 0.158. The summed E-state index contributed by atoms with van der Waals surface area (Å²) in [5.41, 5.74) is 3.60. The number of rotatable bonds is 5. The molecule has 0 saturated carbocycles. The van der Waals surface area contributed by atoms with Crippen LogP contribution in [0.15, 0.2) is 59.2 Å². The van der Waals surface area contributed by atoms with Crippen molar-refractivity contribution in [2.24, 2.45) is 0 Å². The van der Waals surface area contributed by atoms with Gasteiger partial charge in [-0.05, 0) is 37.3 Å². The van der Waals surface area contributed by atoms with Gasteiger partial charge in [0.05, 0.1) is 24.2 Å². The van der Waals surface area contributed by atoms with Crippen molar-refractivity contribution in [1.29, 1.82) is 0 Å². The zero-order valence-electron chi connectivity index (χ0n) is 13.7. The second-order valence-corrected chi connectivity index (χ2v) is 6.18. The zero-order valence-corrected chi connectivity index (χ0v) is 14.5. The van der Waals surface area contributed by atoms with Gasteiger partial charge in [0, 0.05) is 17.5 Å². The van der Waals surface area contributed by atoms with Crippen LogP contribution in [0.2, 0.25) is 5.15 Å². The van der Waals surface area contributed by atoms with Crippen LogP contribution < -0.4 is 5.32 Å². The van der Waals surface area contributed by atoms with E-state index in [1.165, 1.54) is 0 Å². The number of fused-ring (bicyclic) bond motifs is 1. The molecule has 0 radical (unpaired) electrons. The maximum Gasteiger partial charge on any atom is 0.164 e. The summed E-state index contributed by atoms with van der Waals surface area (Å²) in [6, 6.07) is 15.8. The normalized spacial score (nSPS) is 11.3. The van der Waals surface area contributed by atoms with Crippen molar-refractivity contribution in [2.75, 3.05) is 0 Å². The number of benzene rings is 1. The average molecular weight is 353 g/mol. The van der Waals surface area contributed by atoms with Gasteiger partial charge in [0.15, 0.2) is 5.65 Å². The molecule has 126 valence electrons. The van der Waals surface area contributed by atoms with Gasteiger partial charge < -0.3 is 9.73 Å². The molecule has 0 amide bonds. The van der Waals surface area contributed by atoms with E-state index in [1.54, 1.807) is 6.26 Å². The number of halogens is 1. The Morgan fingerprint density at radius 2 is 1.96 bits per heavy atom. The molecule has 0 aliphatic carbocycles. The Morgan fingerprint density at radius 3 is 2.72 bits per heavy atom. The predicted octanol–water partition coefficient (Wildman–Crippen LogP) is 4.27. The van der Waals surface area contributed by atoms with Crippen molar-refractivity contribution in [1.82, 2.24) is 20.1 Å². The van der Waals surface area contributed by atoms with E-state index in [0.29, 0.717) is 18.2 Å². The molecule has 1 aromatic carbocycles. The second kappa shape index (κ2) is 6.70. The van der Waals surface area contributed by atoms with Crippen LogP contribution >= 0.6 is 11.6 Å². The Balaban J connectivity index is 1.64. The van der Waals surface area contributed by atoms with Gasteiger partial charge in [-0.3, -0.25) is 0 Å². The maximum atomic E-state index is 6.42. The first-order valence-corrected chi connectivity index (χ1v) is 8.43. The molecule has 4 aromatic rings. The first-order chi connectivity index (χ1) is 12.2. The van der Waals surface area contributed by atoms with Crippen molar-refractivity contribution in [2.45, 2.75) is 20.0 Å². The van der Waals surface area contributed by atoms with E-state index < -0.39 is 0 Å². The summed E-state index contributed by atoms with van der Waals surface area (Å²) in [4.78, 5) is 4.59. The molecule has 0 aliphatic rings. The van der Waals surface area contributed by atoms with Crippen molar-refractivity contribution >= 4 is 22.6 Å². The van der Waals surface area contributed by atoms with Gasteiger partial charge in [-0.25, -0.2) is 9.67 Å². The molecular weight excluding hydrogens is 336 g/mol. The molecule has 3 aromatic heterocycles. The summed E-state index contributed by atoms with van der Waals surface area (Å²) in [5, 5.41) is 9.43. The fourth-order valence-corrected chi connectivity index (χ4v) is 3.01. The number of pyridine rings is 1. The largest absolute Gasteiger partial charge is 0.468 e. The lowest BCUT2D eigenvalue weighted by Crippen LogP contribution is -2.13. The van der Waals surface area contributed by atoms with Crippen LogP contribution in [-0.4, -0.2) is 14.8 Å². The number of nitrogens with zero attached hydrogens (tertiary/aromatic N) is 3. The first-order valence-electron chi connectivity index (χ1n) is 8.05. The number of para-hydroxylation sites is 1. The summed E-state index contributed by atoms with van der Waals surface area (Å²) < 4.78 is 7.15. The molecular formula is C19H17ClN4O. The third kappa shape index (κ3) is 3.16. The molecule has 5 nitrogen and oxygen atoms in total. The van der Waals surface area contributed by atoms with E-state index >= 15 is 0 Å². The van der Waals surface area contributed by atoms with Crippen molar-refractivity contribution < 1.29 is 4.42 Å². The minimum atomic E-state index is 0.483. The molecule has 0 bridgehead atoms. The van der Waals surface area contributed by atoms with Gasteiger partial charge in [-0.15, -0.1) is 0 Å². The number of aryl methyl sites for hydroxylation is 1. The lowest BCUT2D eigenvalue weighted by Gasteiger charge is -2.07. The molecule has 0 aliphatic heterocycles. The molecule has 0 fully saturated rings. The molecule has 0 spiro atoms. The van der Waals surface area contributed by atoms with Crippen molar-refractivity contribution in [3.8, 4) is 5.69 Å². The highest BCUT2D eigenvalue weighted by Gasteiger charge is 2.14. The smallest absolute Gasteiger partial charge is 0.164 e. The number of furan rings is 1. The van der Waals surface area contributed by atoms with Crippen LogP contribution in [0.3, 0.4) is 0 Å². The fourth-order valence-electron chi connectivity index (χ4n) is 2.81. The van der Waals surface area contributed by atoms with Gasteiger partial charge in [0.2, 0.25) is 0 Å². The number of hydrogen-bond donors (Lipinski definition) is 1. The number of aromatic nitrogens is 3. The van der Waals surface area contributed by atoms with E-state index in [0.717, 1.165) is 33.7 Å². The zero-order chi connectivity index (χ0) is 17.2. The molecule has 3 heterocycles. The minimum Gasteiger partial charge on any atom is -0.468 e. The Morgan fingerprint density at radius 1 is 1.12 bits per heavy atom. The lowest BCUT2D eigenvalue weighted by molar-refractivity contribution is 0.483. The van der Waals surface area contributed by atoms with Gasteiger partial charge in [-0.1, -0.05) is 29.8 Å². The van der Waals surface area contributed by atoms with E-state index in [4.69, 9.17) is 16.0 Å². The Bertz CT molecular complexity index is 993. The van der Waals surface area contributed by atoms with E-state index in [9.17, 15) is 0 Å². The summed E-state index contributed by atoms with van der Waals surface area (Å²) in [5.74, 6) is 0.887. The maximum absolute atomic E-state index is 6.42. The van der Waals surface area contributed by atoms with E-state index in [-0.39, 0.29) is 0 Å². The van der Waals surface area contributed by atoms with Crippen LogP contribution in [0.4, 0.5) is 0 Å². The third-order valence-electron chi connectivity index (χ3n) is 4.06. The topological polar surface area (TPSA) is 55.9 Å². The Labute approximate surface area is 150 Å². The second-order valence-electron chi connectivity index (χ2n) is 5.83. The van der Waals surface area contributed by atoms with Gasteiger partial charge in [-0.2, -0.15) is 5.10 Å². The van der Waals surface area contributed by atoms with Crippen LogP contribution in [0.1, 0.15) is 17.0 Å². The summed E-state index contributed by atoms with van der Waals surface area (Å²) in [6.45, 7) is 3.24. The average Bonchev–Trinajstić information content (AvgIpc) is 3.25. The van der Waals surface area contributed by atoms with E-state index in [1.807, 2.05) is 54.1 Å². The van der Waals surface area contributed by atoms with Crippen LogP contribution in [0, 0.1) is 6.92 Å². The molecule has 0 saturated heterocycles. The van der Waals surface area contributed by atoms with Crippen LogP contribution in [-0.2, 0) is 13.1 Å². The highest BCUT2D eigenvalue weighted by Crippen LogP contribution is 2.25. The van der Waals surface area contributed by atoms with Crippen molar-refractivity contribution in [3.63, 3.8) is 0 Å². The monoisotopic (exact) mass is 352 g/mol. The summed E-state index contributed by atoms with van der Waals surface area (Å²) in [7, 11) is 0. The van der Waals surface area contributed by atoms with Gasteiger partial charge >= 0.3 is 0 Å². The number of nitrogens with one attached hydrogen (secondary N) is 1. The molecule has 0 unspecified atom stereocenters. The molecule has 25 heavy (non-hydrogen) atoms. The quantitative estimate of drug-likeness (QED) is 0.545. The van der Waals surface area contributed by atoms with Gasteiger partial charge in [0.1, 0.15) is 10.9 Å². The summed E-state index contributed by atoms with van der Waals surface area (Å²) >= 11 is 6.42. The summed E-state index contributed by atoms with van der Waals surface area (Å²) in [6.07, 6.45) is 1.67.